The average molecular weight is 593 g/mol. The van der Waals surface area contributed by atoms with Crippen molar-refractivity contribution in [3.05, 3.63) is 90.5 Å². The van der Waals surface area contributed by atoms with E-state index in [-0.39, 0.29) is 25.7 Å². The number of nitrogens with zero attached hydrogens (tertiary/aromatic N) is 2. The van der Waals surface area contributed by atoms with Gasteiger partial charge in [0.25, 0.3) is 5.91 Å². The molecule has 1 N–H and O–H groups in total. The van der Waals surface area contributed by atoms with Gasteiger partial charge in [-0.05, 0) is 49.8 Å². The van der Waals surface area contributed by atoms with Gasteiger partial charge in [0.05, 0.1) is 47.9 Å². The van der Waals surface area contributed by atoms with Crippen LogP contribution in [0.4, 0.5) is 5.69 Å². The van der Waals surface area contributed by atoms with Crippen LogP contribution in [-0.4, -0.2) is 71.3 Å². The minimum Gasteiger partial charge on any atom is -0.465 e. The maximum absolute atomic E-state index is 14.7. The first-order chi connectivity index (χ1) is 20.4. The normalized spacial score (nSPS) is 26.5. The molecule has 222 valence electrons. The quantitative estimate of drug-likeness (QED) is 0.211. The first kappa shape index (κ1) is 30.0. The smallest absolute Gasteiger partial charge is 0.312 e. The van der Waals surface area contributed by atoms with Gasteiger partial charge >= 0.3 is 5.97 Å². The second-order valence-corrected chi connectivity index (χ2v) is 11.5. The van der Waals surface area contributed by atoms with Crippen LogP contribution in [0.2, 0.25) is 5.02 Å². The molecule has 3 aliphatic rings. The van der Waals surface area contributed by atoms with Crippen LogP contribution in [0.1, 0.15) is 31.2 Å². The Kier molecular flexibility index (Phi) is 9.16. The number of hydrogen-bond donors (Lipinski definition) is 1. The molecule has 1 spiro atoms. The summed E-state index contributed by atoms with van der Waals surface area (Å²) < 4.78 is 12.2. The van der Waals surface area contributed by atoms with Crippen LogP contribution in [0.5, 0.6) is 0 Å². The van der Waals surface area contributed by atoms with Crippen LogP contribution in [0, 0.1) is 11.8 Å². The molecule has 8 nitrogen and oxygen atoms in total. The third-order valence-electron chi connectivity index (χ3n) is 8.68. The highest BCUT2D eigenvalue weighted by Gasteiger charge is 2.75. The number of aliphatic hydroxyl groups excluding tert-OH is 1. The molecule has 9 heteroatoms. The lowest BCUT2D eigenvalue weighted by atomic mass is 9.70. The predicted molar refractivity (Wildman–Crippen MR) is 160 cm³/mol. The first-order valence-corrected chi connectivity index (χ1v) is 14.8. The first-order valence-electron chi connectivity index (χ1n) is 14.5. The molecule has 3 saturated heterocycles. The number of carbonyl (C=O) groups excluding carboxylic acids is 3. The van der Waals surface area contributed by atoms with Crippen LogP contribution in [0.15, 0.2) is 79.9 Å². The highest BCUT2D eigenvalue weighted by molar-refractivity contribution is 6.34. The van der Waals surface area contributed by atoms with Crippen LogP contribution in [0.3, 0.4) is 0 Å². The van der Waals surface area contributed by atoms with E-state index in [1.54, 1.807) is 36.4 Å². The standard InChI is InChI=1S/C33H37ClN2O6/c1-3-5-11-19-41-32(40)27-26-16-17-33(42-26)28(27)30(38)36(23(21-37)20-22-12-7-6-8-13-22)29(33)31(39)35(18-4-2)25-15-10-9-14-24(25)34/h3-4,6-10,12-15,23,26-29,37H,1-2,5,11,16-21H2/t23-,26+,27-,28+,29?,33?/m1/s1. The summed E-state index contributed by atoms with van der Waals surface area (Å²) in [4.78, 5) is 45.6. The Hall–Kier alpha value is -3.46. The van der Waals surface area contributed by atoms with E-state index < -0.39 is 47.5 Å². The van der Waals surface area contributed by atoms with E-state index in [0.29, 0.717) is 42.8 Å². The van der Waals surface area contributed by atoms with Crippen molar-refractivity contribution in [2.24, 2.45) is 11.8 Å². The summed E-state index contributed by atoms with van der Waals surface area (Å²) in [5, 5.41) is 11.0. The molecule has 2 unspecified atom stereocenters. The molecule has 0 aromatic heterocycles. The predicted octanol–water partition coefficient (Wildman–Crippen LogP) is 4.35. The van der Waals surface area contributed by atoms with Gasteiger partial charge in [-0.25, -0.2) is 0 Å². The number of benzene rings is 2. The Morgan fingerprint density at radius 2 is 1.90 bits per heavy atom. The van der Waals surface area contributed by atoms with Gasteiger partial charge in [0.2, 0.25) is 5.91 Å². The summed E-state index contributed by atoms with van der Waals surface area (Å²) in [7, 11) is 0. The van der Waals surface area contributed by atoms with Gasteiger partial charge in [-0.2, -0.15) is 0 Å². The van der Waals surface area contributed by atoms with Gasteiger partial charge in [0.1, 0.15) is 11.6 Å². The zero-order chi connectivity index (χ0) is 29.9. The van der Waals surface area contributed by atoms with E-state index >= 15 is 0 Å². The summed E-state index contributed by atoms with van der Waals surface area (Å²) in [5.41, 5.74) is 0.141. The number of anilines is 1. The highest BCUT2D eigenvalue weighted by atomic mass is 35.5. The van der Waals surface area contributed by atoms with Gasteiger partial charge in [0, 0.05) is 6.54 Å². The molecule has 3 aliphatic heterocycles. The Bertz CT molecular complexity index is 1330. The number of aliphatic hydroxyl groups is 1. The molecular weight excluding hydrogens is 556 g/mol. The van der Waals surface area contributed by atoms with Gasteiger partial charge in [0.15, 0.2) is 0 Å². The largest absolute Gasteiger partial charge is 0.465 e. The molecule has 2 bridgehead atoms. The molecule has 0 aliphatic carbocycles. The van der Waals surface area contributed by atoms with Crippen molar-refractivity contribution in [2.75, 3.05) is 24.7 Å². The number of amides is 2. The fourth-order valence-corrected chi connectivity index (χ4v) is 7.16. The Labute approximate surface area is 251 Å². The van der Waals surface area contributed by atoms with Crippen LogP contribution < -0.4 is 4.90 Å². The number of allylic oxidation sites excluding steroid dienone is 1. The molecule has 5 rings (SSSR count). The van der Waals surface area contributed by atoms with Crippen molar-refractivity contribution in [1.82, 2.24) is 4.90 Å². The molecule has 6 atom stereocenters. The monoisotopic (exact) mass is 592 g/mol. The lowest BCUT2D eigenvalue weighted by Crippen LogP contribution is -2.59. The third kappa shape index (κ3) is 5.27. The number of esters is 1. The van der Waals surface area contributed by atoms with E-state index in [2.05, 4.69) is 13.2 Å². The third-order valence-corrected chi connectivity index (χ3v) is 9.00. The number of para-hydroxylation sites is 1. The Morgan fingerprint density at radius 3 is 2.60 bits per heavy atom. The maximum atomic E-state index is 14.7. The molecular formula is C33H37ClN2O6. The molecule has 42 heavy (non-hydrogen) atoms. The van der Waals surface area contributed by atoms with Crippen molar-refractivity contribution >= 4 is 35.1 Å². The second kappa shape index (κ2) is 12.8. The van der Waals surface area contributed by atoms with Gasteiger partial charge in [-0.1, -0.05) is 66.2 Å². The number of carbonyl (C=O) groups is 3. The van der Waals surface area contributed by atoms with Crippen LogP contribution in [-0.2, 0) is 30.3 Å². The van der Waals surface area contributed by atoms with Gasteiger partial charge < -0.3 is 24.4 Å². The number of ether oxygens (including phenoxy) is 2. The zero-order valence-electron chi connectivity index (χ0n) is 23.6. The second-order valence-electron chi connectivity index (χ2n) is 11.1. The SMILES string of the molecule is C=CCCCOC(=O)[C@@H]1[C@@H]2CCC3(O2)C(C(=O)N(CC=C)c2ccccc2Cl)N([C@@H](CO)Cc2ccccc2)C(=O)[C@H]13. The minimum atomic E-state index is -1.24. The Morgan fingerprint density at radius 1 is 1.17 bits per heavy atom. The minimum absolute atomic E-state index is 0.141. The average Bonchev–Trinajstić information content (AvgIpc) is 3.65. The summed E-state index contributed by atoms with van der Waals surface area (Å²) in [6, 6.07) is 14.7. The van der Waals surface area contributed by atoms with Gasteiger partial charge in [-0.15, -0.1) is 13.2 Å². The van der Waals surface area contributed by atoms with Gasteiger partial charge in [-0.3, -0.25) is 14.4 Å². The van der Waals surface area contributed by atoms with Crippen molar-refractivity contribution in [3.63, 3.8) is 0 Å². The van der Waals surface area contributed by atoms with Crippen LogP contribution >= 0.6 is 11.6 Å². The summed E-state index contributed by atoms with van der Waals surface area (Å²) in [5.74, 6) is -3.00. The summed E-state index contributed by atoms with van der Waals surface area (Å²) in [6.45, 7) is 7.51. The van der Waals surface area contributed by atoms with E-state index in [4.69, 9.17) is 21.1 Å². The highest BCUT2D eigenvalue weighted by Crippen LogP contribution is 2.59. The number of rotatable bonds is 13. The fraction of sp³-hybridized carbons (Fsp3) is 0.424. The molecule has 2 aromatic rings. The topological polar surface area (TPSA) is 96.4 Å². The number of fused-ring (bicyclic) bond motifs is 1. The van der Waals surface area contributed by atoms with E-state index in [1.807, 2.05) is 30.3 Å². The lowest BCUT2D eigenvalue weighted by molar-refractivity contribution is -0.155. The zero-order valence-corrected chi connectivity index (χ0v) is 24.3. The maximum Gasteiger partial charge on any atom is 0.312 e. The van der Waals surface area contributed by atoms with E-state index in [1.165, 1.54) is 9.80 Å². The van der Waals surface area contributed by atoms with Crippen molar-refractivity contribution in [1.29, 1.82) is 0 Å². The molecule has 3 fully saturated rings. The molecule has 2 amide bonds. The van der Waals surface area contributed by atoms with E-state index in [9.17, 15) is 19.5 Å². The number of halogens is 1. The fourth-order valence-electron chi connectivity index (χ4n) is 6.92. The van der Waals surface area contributed by atoms with Crippen molar-refractivity contribution in [2.45, 2.75) is 55.9 Å². The Balaban J connectivity index is 1.56. The molecule has 2 aromatic carbocycles. The van der Waals surface area contributed by atoms with E-state index in [0.717, 1.165) is 5.56 Å². The lowest BCUT2D eigenvalue weighted by Gasteiger charge is -2.39. The number of hydrogen-bond acceptors (Lipinski definition) is 6. The number of unbranched alkanes of at least 4 members (excludes halogenated alkanes) is 1. The van der Waals surface area contributed by atoms with Crippen molar-refractivity contribution in [3.8, 4) is 0 Å². The molecule has 0 saturated carbocycles. The summed E-state index contributed by atoms with van der Waals surface area (Å²) in [6.07, 6.45) is 5.42. The summed E-state index contributed by atoms with van der Waals surface area (Å²) >= 11 is 6.54. The van der Waals surface area contributed by atoms with Crippen LogP contribution in [0.25, 0.3) is 0 Å². The molecule has 0 radical (unpaired) electrons. The van der Waals surface area contributed by atoms with Crippen molar-refractivity contribution < 1.29 is 29.0 Å². The molecule has 3 heterocycles. The number of likely N-dealkylation sites (tertiary alicyclic amines) is 1.